The molecule has 2 amide bonds. The van der Waals surface area contributed by atoms with Gasteiger partial charge in [-0.25, -0.2) is 0 Å². The number of piperidine rings is 1. The average molecular weight is 599 g/mol. The van der Waals surface area contributed by atoms with Crippen LogP contribution >= 0.6 is 11.6 Å². The van der Waals surface area contributed by atoms with Gasteiger partial charge in [-0.15, -0.1) is 0 Å². The van der Waals surface area contributed by atoms with Gasteiger partial charge in [-0.1, -0.05) is 90.8 Å². The standard InChI is InChI=1S/C36H43ClN4O2/c37-31-17-14-28(15-18-31)16-19-35(42)38-26-32-20-25-41(36(43)34(39-32)21-24-40-22-8-3-9-23-40)27-33(29-10-4-1-5-11-29)30-12-6-2-7-13-30/h1-2,4-7,10-19,32-34,39H,3,8-9,20-27H2,(H,38,42)/b19-16+/t32-,34-/m0/s1. The zero-order valence-corrected chi connectivity index (χ0v) is 25.6. The first-order chi connectivity index (χ1) is 21.0. The summed E-state index contributed by atoms with van der Waals surface area (Å²) in [5, 5.41) is 7.37. The van der Waals surface area contributed by atoms with Crippen molar-refractivity contribution in [2.75, 3.05) is 39.3 Å². The van der Waals surface area contributed by atoms with Gasteiger partial charge in [-0.2, -0.15) is 0 Å². The van der Waals surface area contributed by atoms with E-state index in [9.17, 15) is 9.59 Å². The molecule has 0 aliphatic carbocycles. The van der Waals surface area contributed by atoms with Gasteiger partial charge < -0.3 is 20.4 Å². The van der Waals surface area contributed by atoms with Crippen LogP contribution in [0.2, 0.25) is 5.02 Å². The molecule has 2 N–H and O–H groups in total. The molecule has 6 nitrogen and oxygen atoms in total. The third kappa shape index (κ3) is 9.27. The first-order valence-electron chi connectivity index (χ1n) is 15.6. The Bertz CT molecular complexity index is 1290. The molecule has 7 heteroatoms. The van der Waals surface area contributed by atoms with E-state index in [0.29, 0.717) is 24.7 Å². The molecule has 0 unspecified atom stereocenters. The SMILES string of the molecule is O=C(/C=C/c1ccc(Cl)cc1)NC[C@@H]1CCN(CC(c2ccccc2)c2ccccc2)C(=O)[C@H](CCN2CCCCC2)N1. The van der Waals surface area contributed by atoms with Crippen molar-refractivity contribution in [2.45, 2.75) is 50.1 Å². The van der Waals surface area contributed by atoms with Crippen LogP contribution in [0.4, 0.5) is 0 Å². The number of amides is 2. The highest BCUT2D eigenvalue weighted by Crippen LogP contribution is 2.27. The summed E-state index contributed by atoms with van der Waals surface area (Å²) in [4.78, 5) is 31.3. The molecule has 226 valence electrons. The number of carbonyl (C=O) groups is 2. The molecule has 2 heterocycles. The maximum atomic E-state index is 14.1. The Hall–Kier alpha value is -3.45. The normalized spacial score (nSPS) is 20.0. The number of rotatable bonds is 11. The highest BCUT2D eigenvalue weighted by Gasteiger charge is 2.33. The summed E-state index contributed by atoms with van der Waals surface area (Å²) in [6.45, 7) is 4.84. The maximum Gasteiger partial charge on any atom is 0.244 e. The Balaban J connectivity index is 1.28. The van der Waals surface area contributed by atoms with Crippen LogP contribution in [0.25, 0.3) is 6.08 Å². The molecule has 43 heavy (non-hydrogen) atoms. The van der Waals surface area contributed by atoms with Crippen LogP contribution in [-0.2, 0) is 9.59 Å². The highest BCUT2D eigenvalue weighted by molar-refractivity contribution is 6.30. The number of halogens is 1. The average Bonchev–Trinajstić information content (AvgIpc) is 3.20. The van der Waals surface area contributed by atoms with Crippen LogP contribution in [0.3, 0.4) is 0 Å². The third-order valence-corrected chi connectivity index (χ3v) is 8.86. The van der Waals surface area contributed by atoms with Crippen molar-refractivity contribution >= 4 is 29.5 Å². The van der Waals surface area contributed by atoms with Crippen LogP contribution < -0.4 is 10.6 Å². The second-order valence-corrected chi connectivity index (χ2v) is 12.1. The van der Waals surface area contributed by atoms with Crippen molar-refractivity contribution in [1.82, 2.24) is 20.4 Å². The van der Waals surface area contributed by atoms with Gasteiger partial charge in [0.2, 0.25) is 11.8 Å². The van der Waals surface area contributed by atoms with Gasteiger partial charge in [0.1, 0.15) is 0 Å². The largest absolute Gasteiger partial charge is 0.351 e. The fourth-order valence-electron chi connectivity index (χ4n) is 6.15. The van der Waals surface area contributed by atoms with E-state index in [4.69, 9.17) is 11.6 Å². The molecule has 2 fully saturated rings. The Morgan fingerprint density at radius 2 is 1.56 bits per heavy atom. The minimum atomic E-state index is -0.289. The molecular weight excluding hydrogens is 556 g/mol. The molecule has 0 saturated carbocycles. The molecular formula is C36H43ClN4O2. The monoisotopic (exact) mass is 598 g/mol. The zero-order chi connectivity index (χ0) is 29.9. The van der Waals surface area contributed by atoms with Crippen molar-refractivity contribution in [3.05, 3.63) is 113 Å². The molecule has 3 aromatic carbocycles. The molecule has 5 rings (SSSR count). The number of hydrogen-bond acceptors (Lipinski definition) is 4. The summed E-state index contributed by atoms with van der Waals surface area (Å²) >= 11 is 5.97. The van der Waals surface area contributed by atoms with E-state index < -0.39 is 0 Å². The van der Waals surface area contributed by atoms with E-state index in [1.165, 1.54) is 30.4 Å². The van der Waals surface area contributed by atoms with E-state index in [-0.39, 0.29) is 29.8 Å². The molecule has 3 aromatic rings. The number of carbonyl (C=O) groups excluding carboxylic acids is 2. The van der Waals surface area contributed by atoms with E-state index >= 15 is 0 Å². The number of hydrogen-bond donors (Lipinski definition) is 2. The fourth-order valence-corrected chi connectivity index (χ4v) is 6.27. The minimum Gasteiger partial charge on any atom is -0.351 e. The summed E-state index contributed by atoms with van der Waals surface area (Å²) < 4.78 is 0. The Morgan fingerprint density at radius 1 is 0.907 bits per heavy atom. The Labute approximate surface area is 261 Å². The lowest BCUT2D eigenvalue weighted by molar-refractivity contribution is -0.133. The molecule has 0 aromatic heterocycles. The molecule has 0 radical (unpaired) electrons. The summed E-state index contributed by atoms with van der Waals surface area (Å²) in [7, 11) is 0. The predicted octanol–water partition coefficient (Wildman–Crippen LogP) is 5.74. The van der Waals surface area contributed by atoms with E-state index in [1.807, 2.05) is 36.4 Å². The summed E-state index contributed by atoms with van der Waals surface area (Å²) in [5.41, 5.74) is 3.33. The molecule has 2 saturated heterocycles. The quantitative estimate of drug-likeness (QED) is 0.277. The van der Waals surface area contributed by atoms with Gasteiger partial charge in [-0.3, -0.25) is 9.59 Å². The van der Waals surface area contributed by atoms with Crippen molar-refractivity contribution in [1.29, 1.82) is 0 Å². The molecule has 0 bridgehead atoms. The lowest BCUT2D eigenvalue weighted by Crippen LogP contribution is -2.50. The minimum absolute atomic E-state index is 0.0000818. The van der Waals surface area contributed by atoms with Crippen molar-refractivity contribution in [3.63, 3.8) is 0 Å². The second-order valence-electron chi connectivity index (χ2n) is 11.7. The third-order valence-electron chi connectivity index (χ3n) is 8.60. The number of nitrogens with zero attached hydrogens (tertiary/aromatic N) is 2. The highest BCUT2D eigenvalue weighted by atomic mass is 35.5. The summed E-state index contributed by atoms with van der Waals surface area (Å²) in [6.07, 6.45) is 8.61. The van der Waals surface area contributed by atoms with E-state index in [1.54, 1.807) is 12.2 Å². The topological polar surface area (TPSA) is 64.7 Å². The second kappa shape index (κ2) is 15.9. The lowest BCUT2D eigenvalue weighted by atomic mass is 9.90. The predicted molar refractivity (Wildman–Crippen MR) is 175 cm³/mol. The summed E-state index contributed by atoms with van der Waals surface area (Å²) in [6, 6.07) is 28.0. The van der Waals surface area contributed by atoms with Crippen molar-refractivity contribution < 1.29 is 9.59 Å². The smallest absolute Gasteiger partial charge is 0.244 e. The van der Waals surface area contributed by atoms with Gasteiger partial charge >= 0.3 is 0 Å². The zero-order valence-electron chi connectivity index (χ0n) is 24.8. The van der Waals surface area contributed by atoms with Crippen LogP contribution in [0.15, 0.2) is 91.0 Å². The van der Waals surface area contributed by atoms with Crippen LogP contribution in [0.5, 0.6) is 0 Å². The molecule has 2 aliphatic heterocycles. The van der Waals surface area contributed by atoms with E-state index in [2.05, 4.69) is 69.0 Å². The van der Waals surface area contributed by atoms with Gasteiger partial charge in [0, 0.05) is 49.2 Å². The lowest BCUT2D eigenvalue weighted by Gasteiger charge is -2.31. The van der Waals surface area contributed by atoms with Gasteiger partial charge in [0.25, 0.3) is 0 Å². The molecule has 0 spiro atoms. The number of benzene rings is 3. The first-order valence-corrected chi connectivity index (χ1v) is 16.0. The van der Waals surface area contributed by atoms with E-state index in [0.717, 1.165) is 38.0 Å². The maximum absolute atomic E-state index is 14.1. The van der Waals surface area contributed by atoms with Crippen LogP contribution in [0, 0.1) is 0 Å². The Morgan fingerprint density at radius 3 is 2.21 bits per heavy atom. The van der Waals surface area contributed by atoms with Gasteiger partial charge in [0.15, 0.2) is 0 Å². The van der Waals surface area contributed by atoms with Gasteiger partial charge in [-0.05, 0) is 73.7 Å². The van der Waals surface area contributed by atoms with Crippen LogP contribution in [0.1, 0.15) is 54.7 Å². The summed E-state index contributed by atoms with van der Waals surface area (Å²) in [5.74, 6) is 0.0935. The molecule has 2 aliphatic rings. The number of likely N-dealkylation sites (tertiary alicyclic amines) is 1. The Kier molecular flexibility index (Phi) is 11.4. The fraction of sp³-hybridized carbons (Fsp3) is 0.389. The van der Waals surface area contributed by atoms with Crippen LogP contribution in [-0.4, -0.2) is 73.0 Å². The number of nitrogens with one attached hydrogen (secondary N) is 2. The first kappa shape index (κ1) is 31.0. The van der Waals surface area contributed by atoms with Gasteiger partial charge in [0.05, 0.1) is 6.04 Å². The molecule has 2 atom stereocenters. The van der Waals surface area contributed by atoms with Crippen molar-refractivity contribution in [3.8, 4) is 0 Å². The van der Waals surface area contributed by atoms with Crippen molar-refractivity contribution in [2.24, 2.45) is 0 Å².